The van der Waals surface area contributed by atoms with Gasteiger partial charge >= 0.3 is 0 Å². The molecule has 3 aromatic rings. The molecule has 212 valence electrons. The van der Waals surface area contributed by atoms with Gasteiger partial charge in [-0.25, -0.2) is 0 Å². The number of carbonyl (C=O) groups excluding carboxylic acids is 1. The van der Waals surface area contributed by atoms with Crippen LogP contribution in [0.4, 0.5) is 5.69 Å². The van der Waals surface area contributed by atoms with Crippen molar-refractivity contribution in [3.63, 3.8) is 0 Å². The molecule has 0 spiro atoms. The van der Waals surface area contributed by atoms with Crippen LogP contribution < -0.4 is 10.2 Å². The topological polar surface area (TPSA) is 131 Å². The van der Waals surface area contributed by atoms with Crippen LogP contribution in [0.15, 0.2) is 54.1 Å². The standard InChI is InChI=1S/C31H38N4O5/c1-6-26-28(36)29(37)27(31(39)40-26)33-30(38)23(17-32)18(4)24-13-14-25(34(24)5)21-10-9-20-16-22(35(7-2)8-3)12-11-19(20)15-21/h9-16,26-29,31,36-37,39H,6-8H2,1-5H3,(H,33,38)/b23-18+/t26-,27-,28-,29-,31?/m1/s1. The van der Waals surface area contributed by atoms with Crippen molar-refractivity contribution in [2.75, 3.05) is 18.0 Å². The summed E-state index contributed by atoms with van der Waals surface area (Å²) >= 11 is 0. The van der Waals surface area contributed by atoms with Gasteiger partial charge < -0.3 is 34.8 Å². The highest BCUT2D eigenvalue weighted by Gasteiger charge is 2.44. The predicted molar refractivity (Wildman–Crippen MR) is 155 cm³/mol. The van der Waals surface area contributed by atoms with E-state index in [2.05, 4.69) is 60.5 Å². The monoisotopic (exact) mass is 546 g/mol. The molecule has 1 aliphatic heterocycles. The third-order valence-electron chi connectivity index (χ3n) is 7.89. The van der Waals surface area contributed by atoms with E-state index in [1.807, 2.05) is 29.8 Å². The van der Waals surface area contributed by atoms with Crippen LogP contribution in [-0.4, -0.2) is 69.5 Å². The van der Waals surface area contributed by atoms with Gasteiger partial charge in [-0.1, -0.05) is 25.1 Å². The van der Waals surface area contributed by atoms with Crippen molar-refractivity contribution in [3.05, 3.63) is 59.8 Å². The number of nitrogens with zero attached hydrogens (tertiary/aromatic N) is 3. The van der Waals surface area contributed by atoms with Crippen LogP contribution in [0.2, 0.25) is 0 Å². The quantitative estimate of drug-likeness (QED) is 0.252. The molecular weight excluding hydrogens is 508 g/mol. The first-order chi connectivity index (χ1) is 19.1. The molecule has 9 nitrogen and oxygen atoms in total. The number of carbonyl (C=O) groups is 1. The summed E-state index contributed by atoms with van der Waals surface area (Å²) in [5.74, 6) is -0.772. The van der Waals surface area contributed by atoms with Crippen LogP contribution in [0.1, 0.15) is 39.8 Å². The number of rotatable bonds is 8. The minimum Gasteiger partial charge on any atom is -0.388 e. The van der Waals surface area contributed by atoms with E-state index in [1.165, 1.54) is 5.69 Å². The van der Waals surface area contributed by atoms with Gasteiger partial charge in [0, 0.05) is 37.2 Å². The Morgan fingerprint density at radius 1 is 1.02 bits per heavy atom. The van der Waals surface area contributed by atoms with Gasteiger partial charge in [0.2, 0.25) is 0 Å². The molecule has 9 heteroatoms. The molecule has 40 heavy (non-hydrogen) atoms. The van der Waals surface area contributed by atoms with Gasteiger partial charge in [-0.05, 0) is 79.4 Å². The van der Waals surface area contributed by atoms with Gasteiger partial charge in [0.25, 0.3) is 5.91 Å². The Labute approximate surface area is 234 Å². The molecule has 1 aromatic heterocycles. The summed E-state index contributed by atoms with van der Waals surface area (Å²) in [6.07, 6.45) is -4.63. The van der Waals surface area contributed by atoms with Gasteiger partial charge in [-0.2, -0.15) is 5.26 Å². The minimum atomic E-state index is -1.52. The van der Waals surface area contributed by atoms with E-state index in [1.54, 1.807) is 13.8 Å². The van der Waals surface area contributed by atoms with Crippen molar-refractivity contribution in [1.29, 1.82) is 5.26 Å². The van der Waals surface area contributed by atoms with Crippen molar-refractivity contribution in [2.24, 2.45) is 7.05 Å². The van der Waals surface area contributed by atoms with Gasteiger partial charge in [-0.3, -0.25) is 4.79 Å². The average molecular weight is 547 g/mol. The second-order valence-corrected chi connectivity index (χ2v) is 10.1. The number of hydrogen-bond acceptors (Lipinski definition) is 7. The number of hydrogen-bond donors (Lipinski definition) is 4. The first-order valence-corrected chi connectivity index (χ1v) is 13.7. The van der Waals surface area contributed by atoms with Crippen LogP contribution in [0.25, 0.3) is 27.6 Å². The number of ether oxygens (including phenoxy) is 1. The van der Waals surface area contributed by atoms with E-state index in [-0.39, 0.29) is 5.57 Å². The number of aliphatic hydroxyl groups is 3. The van der Waals surface area contributed by atoms with Crippen LogP contribution in [0.5, 0.6) is 0 Å². The highest BCUT2D eigenvalue weighted by Crippen LogP contribution is 2.31. The van der Waals surface area contributed by atoms with E-state index in [0.29, 0.717) is 17.7 Å². The molecular formula is C31H38N4O5. The Morgan fingerprint density at radius 2 is 1.70 bits per heavy atom. The molecule has 1 unspecified atom stereocenters. The lowest BCUT2D eigenvalue weighted by atomic mass is 9.95. The number of nitriles is 1. The van der Waals surface area contributed by atoms with Crippen LogP contribution in [0, 0.1) is 11.3 Å². The number of benzene rings is 2. The van der Waals surface area contributed by atoms with Gasteiger partial charge in [0.05, 0.1) is 6.10 Å². The summed E-state index contributed by atoms with van der Waals surface area (Å²) in [6, 6.07) is 17.2. The van der Waals surface area contributed by atoms with Crippen molar-refractivity contribution >= 4 is 27.9 Å². The normalized spacial score (nSPS) is 23.4. The maximum atomic E-state index is 13.1. The van der Waals surface area contributed by atoms with Gasteiger partial charge in [0.15, 0.2) is 6.29 Å². The highest BCUT2D eigenvalue weighted by atomic mass is 16.6. The molecule has 0 saturated carbocycles. The second-order valence-electron chi connectivity index (χ2n) is 10.1. The van der Waals surface area contributed by atoms with Crippen LogP contribution in [0.3, 0.4) is 0 Å². The number of anilines is 1. The molecule has 5 atom stereocenters. The zero-order valence-corrected chi connectivity index (χ0v) is 23.6. The van der Waals surface area contributed by atoms with Crippen LogP contribution >= 0.6 is 0 Å². The summed E-state index contributed by atoms with van der Waals surface area (Å²) in [5.41, 5.74) is 4.05. The van der Waals surface area contributed by atoms with Crippen molar-refractivity contribution in [2.45, 2.75) is 64.8 Å². The predicted octanol–water partition coefficient (Wildman–Crippen LogP) is 3.32. The summed E-state index contributed by atoms with van der Waals surface area (Å²) in [4.78, 5) is 15.4. The Balaban J connectivity index is 1.60. The SMILES string of the molecule is CC[C@H]1OC(O)[C@H](NC(=O)/C(C#N)=C(\C)c2ccc(-c3ccc4cc(N(CC)CC)ccc4c3)n2C)[C@@H](O)[C@@H]1O. The zero-order valence-electron chi connectivity index (χ0n) is 23.6. The fraction of sp³-hybridized carbons (Fsp3) is 0.419. The maximum absolute atomic E-state index is 13.1. The molecule has 0 bridgehead atoms. The largest absolute Gasteiger partial charge is 0.388 e. The van der Waals surface area contributed by atoms with Gasteiger partial charge in [0.1, 0.15) is 29.9 Å². The fourth-order valence-electron chi connectivity index (χ4n) is 5.45. The third kappa shape index (κ3) is 5.49. The summed E-state index contributed by atoms with van der Waals surface area (Å²) in [6.45, 7) is 9.60. The molecule has 4 rings (SSSR count). The van der Waals surface area contributed by atoms with Gasteiger partial charge in [-0.15, -0.1) is 0 Å². The van der Waals surface area contributed by atoms with Crippen molar-refractivity contribution in [3.8, 4) is 17.3 Å². The van der Waals surface area contributed by atoms with E-state index in [0.717, 1.165) is 35.1 Å². The fourth-order valence-corrected chi connectivity index (χ4v) is 5.45. The van der Waals surface area contributed by atoms with E-state index >= 15 is 0 Å². The Morgan fingerprint density at radius 3 is 2.35 bits per heavy atom. The lowest BCUT2D eigenvalue weighted by Crippen LogP contribution is -2.63. The van der Waals surface area contributed by atoms with E-state index in [4.69, 9.17) is 4.74 Å². The smallest absolute Gasteiger partial charge is 0.262 e. The molecule has 1 amide bonds. The Kier molecular flexibility index (Phi) is 8.96. The van der Waals surface area contributed by atoms with E-state index < -0.39 is 36.6 Å². The average Bonchev–Trinajstić information content (AvgIpc) is 3.34. The first kappa shape index (κ1) is 29.3. The molecule has 0 aliphatic carbocycles. The first-order valence-electron chi connectivity index (χ1n) is 13.7. The van der Waals surface area contributed by atoms with Crippen molar-refractivity contribution in [1.82, 2.24) is 9.88 Å². The molecule has 0 radical (unpaired) electrons. The number of aromatic nitrogens is 1. The third-order valence-corrected chi connectivity index (χ3v) is 7.89. The summed E-state index contributed by atoms with van der Waals surface area (Å²) < 4.78 is 7.27. The molecule has 2 aromatic carbocycles. The molecule has 1 aliphatic rings. The minimum absolute atomic E-state index is 0.165. The lowest BCUT2D eigenvalue weighted by Gasteiger charge is -2.40. The molecule has 1 fully saturated rings. The zero-order chi connectivity index (χ0) is 29.1. The lowest BCUT2D eigenvalue weighted by molar-refractivity contribution is -0.247. The second kappa shape index (κ2) is 12.2. The van der Waals surface area contributed by atoms with E-state index in [9.17, 15) is 25.4 Å². The number of allylic oxidation sites excluding steroid dienone is 1. The molecule has 1 saturated heterocycles. The van der Waals surface area contributed by atoms with Crippen LogP contribution in [-0.2, 0) is 16.6 Å². The number of amides is 1. The number of nitrogens with one attached hydrogen (secondary N) is 1. The number of fused-ring (bicyclic) bond motifs is 1. The maximum Gasteiger partial charge on any atom is 0.262 e. The Bertz CT molecular complexity index is 1450. The summed E-state index contributed by atoms with van der Waals surface area (Å²) in [5, 5.41) is 45.7. The summed E-state index contributed by atoms with van der Waals surface area (Å²) in [7, 11) is 1.87. The Hall–Kier alpha value is -3.68. The molecule has 4 N–H and O–H groups in total. The molecule has 2 heterocycles. The number of aliphatic hydroxyl groups excluding tert-OH is 3. The highest BCUT2D eigenvalue weighted by molar-refractivity contribution is 6.04. The van der Waals surface area contributed by atoms with Crippen molar-refractivity contribution < 1.29 is 24.9 Å².